The molecular weight excluding hydrogens is 479 g/mol. The lowest BCUT2D eigenvalue weighted by molar-refractivity contribution is -0.193. The van der Waals surface area contributed by atoms with Crippen LogP contribution in [0.25, 0.3) is 0 Å². The van der Waals surface area contributed by atoms with E-state index < -0.39 is 40.2 Å². The van der Waals surface area contributed by atoms with Crippen molar-refractivity contribution in [3.63, 3.8) is 0 Å². The molecule has 2 aliphatic carbocycles. The largest absolute Gasteiger partial charge is 0.542 e. The first-order valence-corrected chi connectivity index (χ1v) is 18.7. The van der Waals surface area contributed by atoms with Crippen LogP contribution in [0, 0.1) is 5.92 Å². The van der Waals surface area contributed by atoms with Crippen LogP contribution in [0.3, 0.4) is 0 Å². The highest BCUT2D eigenvalue weighted by Crippen LogP contribution is 2.63. The molecule has 1 amide bonds. The fraction of sp³-hybridized carbons (Fsp3) is 0.625. The van der Waals surface area contributed by atoms with Crippen molar-refractivity contribution < 1.29 is 31.6 Å². The molecule has 186 valence electrons. The molecule has 0 saturated carbocycles. The van der Waals surface area contributed by atoms with Gasteiger partial charge in [0.05, 0.1) is 0 Å². The average Bonchev–Trinajstić information content (AvgIpc) is 3.02. The first-order chi connectivity index (χ1) is 15.6. The van der Waals surface area contributed by atoms with Crippen molar-refractivity contribution in [3.05, 3.63) is 35.4 Å². The van der Waals surface area contributed by atoms with E-state index in [2.05, 4.69) is 39.3 Å². The standard InChI is InChI=1S/C24H32F3NO4Si2/c1-33(2,3)31-17-9-7-14-13-16-15-8-10-18(32-34(4,5)6)21-23(15,19(14)20(17)30-21)11-12-28(16)22(29)24(25,26)27/h7-10,15-16,18,21H,11-13H2,1-6H3/t15?,16-,18?,21?,23+/m1/s1. The van der Waals surface area contributed by atoms with Crippen LogP contribution in [0.2, 0.25) is 39.3 Å². The van der Waals surface area contributed by atoms with Gasteiger partial charge in [-0.25, -0.2) is 0 Å². The van der Waals surface area contributed by atoms with Crippen LogP contribution >= 0.6 is 0 Å². The number of piperidine rings is 1. The maximum Gasteiger partial charge on any atom is 0.471 e. The molecular formula is C24H32F3NO4Si2. The number of ether oxygens (including phenoxy) is 1. The smallest absolute Gasteiger partial charge is 0.471 e. The average molecular weight is 512 g/mol. The zero-order chi connectivity index (χ0) is 24.8. The molecule has 10 heteroatoms. The van der Waals surface area contributed by atoms with Crippen molar-refractivity contribution in [2.45, 2.75) is 82.0 Å². The van der Waals surface area contributed by atoms with Gasteiger partial charge in [0.2, 0.25) is 8.32 Å². The van der Waals surface area contributed by atoms with Crippen LogP contribution in [-0.2, 0) is 21.1 Å². The van der Waals surface area contributed by atoms with Crippen molar-refractivity contribution in [1.29, 1.82) is 0 Å². The molecule has 1 fully saturated rings. The van der Waals surface area contributed by atoms with E-state index in [0.29, 0.717) is 18.6 Å². The van der Waals surface area contributed by atoms with Crippen molar-refractivity contribution >= 4 is 22.5 Å². The van der Waals surface area contributed by atoms with Gasteiger partial charge in [-0.3, -0.25) is 4.79 Å². The second-order valence-electron chi connectivity index (χ2n) is 11.8. The SMILES string of the molecule is C[Si](C)(C)Oc1ccc2c3c1OC1C(O[Si](C)(C)C)C=CC4[C@@H](C2)N(C(=O)C(F)(F)F)CC[C@]314. The van der Waals surface area contributed by atoms with Gasteiger partial charge < -0.3 is 18.5 Å². The minimum absolute atomic E-state index is 0.0465. The zero-order valence-corrected chi connectivity index (χ0v) is 22.5. The second-order valence-corrected chi connectivity index (χ2v) is 20.7. The van der Waals surface area contributed by atoms with Crippen LogP contribution in [0.4, 0.5) is 13.2 Å². The molecule has 2 heterocycles. The number of alkyl halides is 3. The van der Waals surface area contributed by atoms with Gasteiger partial charge in [-0.2, -0.15) is 13.2 Å². The summed E-state index contributed by atoms with van der Waals surface area (Å²) in [5.41, 5.74) is 1.47. The quantitative estimate of drug-likeness (QED) is 0.421. The molecule has 1 aromatic rings. The summed E-state index contributed by atoms with van der Waals surface area (Å²) in [5.74, 6) is -0.592. The summed E-state index contributed by atoms with van der Waals surface area (Å²) >= 11 is 0. The van der Waals surface area contributed by atoms with Gasteiger partial charge in [-0.15, -0.1) is 0 Å². The normalized spacial score (nSPS) is 31.7. The molecule has 4 aliphatic rings. The third-order valence-electron chi connectivity index (χ3n) is 7.25. The first-order valence-electron chi connectivity index (χ1n) is 11.9. The highest BCUT2D eigenvalue weighted by molar-refractivity contribution is 6.70. The summed E-state index contributed by atoms with van der Waals surface area (Å²) in [6.07, 6.45) is -0.840. The maximum atomic E-state index is 13.5. The van der Waals surface area contributed by atoms with Crippen molar-refractivity contribution in [2.75, 3.05) is 6.54 Å². The van der Waals surface area contributed by atoms with Crippen molar-refractivity contribution in [3.8, 4) is 11.5 Å². The minimum atomic E-state index is -4.89. The van der Waals surface area contributed by atoms with E-state index in [4.69, 9.17) is 13.6 Å². The van der Waals surface area contributed by atoms with Gasteiger partial charge in [0, 0.05) is 29.5 Å². The van der Waals surface area contributed by atoms with Crippen LogP contribution < -0.4 is 9.16 Å². The van der Waals surface area contributed by atoms with E-state index in [1.807, 2.05) is 24.3 Å². The summed E-state index contributed by atoms with van der Waals surface area (Å²) < 4.78 is 60.0. The number of hydrogen-bond donors (Lipinski definition) is 0. The molecule has 0 radical (unpaired) electrons. The second kappa shape index (κ2) is 7.36. The third-order valence-corrected chi connectivity index (χ3v) is 9.06. The van der Waals surface area contributed by atoms with Gasteiger partial charge in [0.25, 0.3) is 0 Å². The predicted molar refractivity (Wildman–Crippen MR) is 127 cm³/mol. The summed E-state index contributed by atoms with van der Waals surface area (Å²) in [7, 11) is -3.89. The monoisotopic (exact) mass is 511 g/mol. The van der Waals surface area contributed by atoms with Crippen LogP contribution in [0.15, 0.2) is 24.3 Å². The molecule has 3 unspecified atom stereocenters. The Morgan fingerprint density at radius 1 is 1.12 bits per heavy atom. The van der Waals surface area contributed by atoms with Gasteiger partial charge >= 0.3 is 12.1 Å². The molecule has 1 saturated heterocycles. The third kappa shape index (κ3) is 3.64. The molecule has 0 N–H and O–H groups in total. The van der Waals surface area contributed by atoms with E-state index >= 15 is 0 Å². The highest BCUT2D eigenvalue weighted by Gasteiger charge is 2.66. The van der Waals surface area contributed by atoms with Gasteiger partial charge in [-0.1, -0.05) is 18.2 Å². The first kappa shape index (κ1) is 23.9. The molecule has 5 nitrogen and oxygen atoms in total. The molecule has 1 aromatic carbocycles. The number of rotatable bonds is 4. The minimum Gasteiger partial charge on any atom is -0.542 e. The van der Waals surface area contributed by atoms with Crippen LogP contribution in [-0.4, -0.2) is 58.4 Å². The summed E-state index contributed by atoms with van der Waals surface area (Å²) in [5, 5.41) is 0. The predicted octanol–water partition coefficient (Wildman–Crippen LogP) is 5.02. The number of benzene rings is 1. The summed E-state index contributed by atoms with van der Waals surface area (Å²) in [6.45, 7) is 12.7. The fourth-order valence-corrected chi connectivity index (χ4v) is 8.20. The summed E-state index contributed by atoms with van der Waals surface area (Å²) in [6, 6.07) is 3.27. The van der Waals surface area contributed by atoms with Crippen LogP contribution in [0.1, 0.15) is 17.5 Å². The Morgan fingerprint density at radius 3 is 2.44 bits per heavy atom. The van der Waals surface area contributed by atoms with Crippen molar-refractivity contribution in [2.24, 2.45) is 5.92 Å². The number of amides is 1. The molecule has 2 aliphatic heterocycles. The number of hydrogen-bond acceptors (Lipinski definition) is 4. The summed E-state index contributed by atoms with van der Waals surface area (Å²) in [4.78, 5) is 13.4. The Bertz CT molecular complexity index is 1060. The lowest BCUT2D eigenvalue weighted by Crippen LogP contribution is -2.68. The number of carbonyl (C=O) groups excluding carboxylic acids is 1. The molecule has 1 spiro atoms. The fourth-order valence-electron chi connectivity index (χ4n) is 6.36. The number of likely N-dealkylation sites (tertiary alicyclic amines) is 1. The zero-order valence-electron chi connectivity index (χ0n) is 20.5. The van der Waals surface area contributed by atoms with E-state index in [1.165, 1.54) is 0 Å². The Morgan fingerprint density at radius 2 is 1.82 bits per heavy atom. The van der Waals surface area contributed by atoms with Crippen LogP contribution in [0.5, 0.6) is 11.5 Å². The molecule has 5 atom stereocenters. The number of carbonyl (C=O) groups is 1. The topological polar surface area (TPSA) is 48.0 Å². The molecule has 0 aromatic heterocycles. The lowest BCUT2D eigenvalue weighted by Gasteiger charge is -2.57. The van der Waals surface area contributed by atoms with E-state index in [0.717, 1.165) is 21.8 Å². The molecule has 34 heavy (non-hydrogen) atoms. The molecule has 2 bridgehead atoms. The van der Waals surface area contributed by atoms with E-state index in [9.17, 15) is 18.0 Å². The van der Waals surface area contributed by atoms with Gasteiger partial charge in [-0.05, 0) is 63.8 Å². The highest BCUT2D eigenvalue weighted by atomic mass is 28.4. The van der Waals surface area contributed by atoms with Gasteiger partial charge in [0.1, 0.15) is 18.0 Å². The maximum absolute atomic E-state index is 13.5. The Balaban J connectivity index is 1.66. The van der Waals surface area contributed by atoms with Crippen molar-refractivity contribution in [1.82, 2.24) is 4.90 Å². The Hall–Kier alpha value is -1.79. The van der Waals surface area contributed by atoms with E-state index in [-0.39, 0.29) is 24.7 Å². The lowest BCUT2D eigenvalue weighted by atomic mass is 9.53. The molecule has 5 rings (SSSR count). The Kier molecular flexibility index (Phi) is 5.18. The van der Waals surface area contributed by atoms with Gasteiger partial charge in [0.15, 0.2) is 14.1 Å². The Labute approximate surface area is 200 Å². The van der Waals surface area contributed by atoms with E-state index in [1.54, 1.807) is 0 Å². The number of halogens is 3. The number of nitrogens with zero attached hydrogens (tertiary/aromatic N) is 1.